The molecule has 7 nitrogen and oxygen atoms in total. The molecular weight excluding hydrogens is 515 g/mol. The molecule has 1 amide bonds. The van der Waals surface area contributed by atoms with Gasteiger partial charge >= 0.3 is 6.18 Å². The summed E-state index contributed by atoms with van der Waals surface area (Å²) in [7, 11) is 0. The lowest BCUT2D eigenvalue weighted by Gasteiger charge is -2.19. The summed E-state index contributed by atoms with van der Waals surface area (Å²) < 4.78 is 41.7. The Balaban J connectivity index is 1.15. The summed E-state index contributed by atoms with van der Waals surface area (Å²) in [4.78, 5) is 35.8. The number of rotatable bonds is 8. The number of aliphatic imine (C=N–C) groups is 1. The zero-order valence-corrected chi connectivity index (χ0v) is 21.5. The number of amides is 1. The molecular formula is C27H26F3N5O2S. The number of halogens is 3. The van der Waals surface area contributed by atoms with Crippen molar-refractivity contribution in [2.45, 2.75) is 51.6 Å². The minimum atomic E-state index is -4.78. The third-order valence-corrected chi connectivity index (χ3v) is 7.79. The largest absolute Gasteiger partial charge is 0.435 e. The molecule has 198 valence electrons. The fourth-order valence-electron chi connectivity index (χ4n) is 4.66. The maximum absolute atomic E-state index is 13.5. The van der Waals surface area contributed by atoms with Crippen molar-refractivity contribution in [2.24, 2.45) is 10.9 Å². The summed E-state index contributed by atoms with van der Waals surface area (Å²) in [6.07, 6.45) is 1.89. The molecule has 5 rings (SSSR count). The van der Waals surface area contributed by atoms with E-state index in [2.05, 4.69) is 21.5 Å². The molecule has 0 fully saturated rings. The molecule has 0 saturated carbocycles. The fraction of sp³-hybridized carbons (Fsp3) is 0.370. The number of thiazole rings is 1. The van der Waals surface area contributed by atoms with Crippen molar-refractivity contribution in [1.29, 1.82) is 0 Å². The minimum absolute atomic E-state index is 0.0899. The molecule has 1 aliphatic carbocycles. The Hall–Kier alpha value is -3.60. The predicted octanol–water partition coefficient (Wildman–Crippen LogP) is 5.44. The molecule has 0 bridgehead atoms. The van der Waals surface area contributed by atoms with Crippen LogP contribution in [0.25, 0.3) is 11.4 Å². The van der Waals surface area contributed by atoms with Gasteiger partial charge in [-0.15, -0.1) is 11.3 Å². The SMILES string of the molecule is CC1=NC(c2nc3c(s2)CC(C(=O)CCCNC(=O)c2cn(-c4ccccc4)nc2C(F)(F)F)CC3)=CC1. The Morgan fingerprint density at radius 2 is 2.00 bits per heavy atom. The summed E-state index contributed by atoms with van der Waals surface area (Å²) in [5, 5.41) is 7.02. The van der Waals surface area contributed by atoms with Gasteiger partial charge in [-0.05, 0) is 44.7 Å². The van der Waals surface area contributed by atoms with E-state index in [1.807, 2.05) is 6.92 Å². The zero-order chi connectivity index (χ0) is 26.9. The van der Waals surface area contributed by atoms with Gasteiger partial charge in [0.25, 0.3) is 5.91 Å². The van der Waals surface area contributed by atoms with E-state index in [1.165, 1.54) is 0 Å². The number of ketones is 1. The number of alkyl halides is 3. The first-order valence-electron chi connectivity index (χ1n) is 12.5. The molecule has 38 heavy (non-hydrogen) atoms. The Bertz CT molecular complexity index is 1420. The van der Waals surface area contributed by atoms with Crippen LogP contribution in [0.5, 0.6) is 0 Å². The molecule has 0 saturated heterocycles. The highest BCUT2D eigenvalue weighted by Crippen LogP contribution is 2.35. The number of nitrogens with one attached hydrogen (secondary N) is 1. The van der Waals surface area contributed by atoms with Crippen LogP contribution in [-0.2, 0) is 23.8 Å². The van der Waals surface area contributed by atoms with Crippen molar-refractivity contribution in [3.8, 4) is 5.69 Å². The number of hydrogen-bond donors (Lipinski definition) is 1. The molecule has 0 spiro atoms. The normalized spacial score (nSPS) is 17.1. The third kappa shape index (κ3) is 5.62. The zero-order valence-electron chi connectivity index (χ0n) is 20.7. The number of aromatic nitrogens is 3. The molecule has 11 heteroatoms. The van der Waals surface area contributed by atoms with Gasteiger partial charge < -0.3 is 5.32 Å². The topological polar surface area (TPSA) is 89.2 Å². The number of hydrogen-bond acceptors (Lipinski definition) is 6. The fourth-order valence-corrected chi connectivity index (χ4v) is 5.83. The van der Waals surface area contributed by atoms with Gasteiger partial charge in [0.2, 0.25) is 0 Å². The molecule has 1 atom stereocenters. The van der Waals surface area contributed by atoms with E-state index >= 15 is 0 Å². The van der Waals surface area contributed by atoms with E-state index in [-0.39, 0.29) is 24.7 Å². The Morgan fingerprint density at radius 1 is 1.21 bits per heavy atom. The van der Waals surface area contributed by atoms with Crippen molar-refractivity contribution in [2.75, 3.05) is 6.54 Å². The number of para-hydroxylation sites is 1. The van der Waals surface area contributed by atoms with Gasteiger partial charge in [-0.25, -0.2) is 9.67 Å². The minimum Gasteiger partial charge on any atom is -0.352 e. The van der Waals surface area contributed by atoms with Crippen molar-refractivity contribution >= 4 is 34.4 Å². The van der Waals surface area contributed by atoms with E-state index in [0.29, 0.717) is 18.5 Å². The van der Waals surface area contributed by atoms with Crippen molar-refractivity contribution in [3.63, 3.8) is 0 Å². The van der Waals surface area contributed by atoms with Crippen LogP contribution < -0.4 is 5.32 Å². The first-order chi connectivity index (χ1) is 18.2. The van der Waals surface area contributed by atoms with E-state index in [4.69, 9.17) is 4.98 Å². The highest BCUT2D eigenvalue weighted by atomic mass is 32.1. The van der Waals surface area contributed by atoms with Gasteiger partial charge in [-0.2, -0.15) is 18.3 Å². The van der Waals surface area contributed by atoms with Crippen LogP contribution in [0, 0.1) is 5.92 Å². The van der Waals surface area contributed by atoms with Crippen LogP contribution >= 0.6 is 11.3 Å². The smallest absolute Gasteiger partial charge is 0.352 e. The number of benzene rings is 1. The van der Waals surface area contributed by atoms with Crippen molar-refractivity contribution < 1.29 is 22.8 Å². The summed E-state index contributed by atoms with van der Waals surface area (Å²) in [6.45, 7) is 2.08. The van der Waals surface area contributed by atoms with Crippen molar-refractivity contribution in [1.82, 2.24) is 20.1 Å². The highest BCUT2D eigenvalue weighted by molar-refractivity contribution is 7.12. The first kappa shape index (κ1) is 26.0. The van der Waals surface area contributed by atoms with E-state index < -0.39 is 23.3 Å². The summed E-state index contributed by atoms with van der Waals surface area (Å²) >= 11 is 1.59. The Labute approximate surface area is 221 Å². The number of aryl methyl sites for hydroxylation is 1. The van der Waals surface area contributed by atoms with Gasteiger partial charge in [-0.3, -0.25) is 14.6 Å². The molecule has 2 aliphatic rings. The number of carbonyl (C=O) groups is 2. The van der Waals surface area contributed by atoms with Crippen LogP contribution in [0.15, 0.2) is 47.6 Å². The van der Waals surface area contributed by atoms with E-state index in [9.17, 15) is 22.8 Å². The molecule has 0 radical (unpaired) electrons. The first-order valence-corrected chi connectivity index (χ1v) is 13.3. The molecule has 1 aliphatic heterocycles. The van der Waals surface area contributed by atoms with Crippen LogP contribution in [0.3, 0.4) is 0 Å². The monoisotopic (exact) mass is 541 g/mol. The number of carbonyl (C=O) groups excluding carboxylic acids is 2. The van der Waals surface area contributed by atoms with Gasteiger partial charge in [0.15, 0.2) is 5.69 Å². The Morgan fingerprint density at radius 3 is 2.71 bits per heavy atom. The van der Waals surface area contributed by atoms with E-state index in [1.54, 1.807) is 41.7 Å². The van der Waals surface area contributed by atoms with Gasteiger partial charge in [0, 0.05) is 42.1 Å². The highest BCUT2D eigenvalue weighted by Gasteiger charge is 2.39. The number of nitrogens with zero attached hydrogens (tertiary/aromatic N) is 4. The number of Topliss-reactive ketones (excluding diaryl/α,β-unsaturated/α-hetero) is 1. The second-order valence-electron chi connectivity index (χ2n) is 9.46. The molecule has 1 aromatic carbocycles. The molecule has 3 heterocycles. The number of fused-ring (bicyclic) bond motifs is 1. The second-order valence-corrected chi connectivity index (χ2v) is 10.5. The Kier molecular flexibility index (Phi) is 7.29. The standard InChI is InChI=1S/C27H26F3N5O2S/c1-16-9-11-21(32-16)26-33-20-12-10-17(14-23(20)38-26)22(36)8-5-13-31-25(37)19-15-35(18-6-3-2-4-7-18)34-24(19)27(28,29)30/h2-4,6-7,11,15,17H,5,8-10,12-14H2,1H3,(H,31,37). The maximum atomic E-state index is 13.5. The van der Waals surface area contributed by atoms with E-state index in [0.717, 1.165) is 57.1 Å². The van der Waals surface area contributed by atoms with Gasteiger partial charge in [0.05, 0.1) is 22.6 Å². The van der Waals surface area contributed by atoms with Crippen LogP contribution in [0.2, 0.25) is 0 Å². The predicted molar refractivity (Wildman–Crippen MR) is 138 cm³/mol. The second kappa shape index (κ2) is 10.6. The quantitative estimate of drug-likeness (QED) is 0.385. The van der Waals surface area contributed by atoms with Crippen LogP contribution in [-0.4, -0.2) is 38.7 Å². The van der Waals surface area contributed by atoms with Gasteiger partial charge in [0.1, 0.15) is 10.8 Å². The third-order valence-electron chi connectivity index (χ3n) is 6.65. The number of allylic oxidation sites excluding steroid dienone is 1. The summed E-state index contributed by atoms with van der Waals surface area (Å²) in [5.41, 5.74) is 1.63. The summed E-state index contributed by atoms with van der Waals surface area (Å²) in [6, 6.07) is 8.28. The lowest BCUT2D eigenvalue weighted by molar-refractivity contribution is -0.141. The molecule has 1 unspecified atom stereocenters. The van der Waals surface area contributed by atoms with Crippen molar-refractivity contribution in [3.05, 3.63) is 69.4 Å². The van der Waals surface area contributed by atoms with Gasteiger partial charge in [-0.1, -0.05) is 24.3 Å². The maximum Gasteiger partial charge on any atom is 0.435 e. The average Bonchev–Trinajstić information content (AvgIpc) is 3.64. The average molecular weight is 542 g/mol. The molecule has 2 aromatic heterocycles. The van der Waals surface area contributed by atoms with Crippen LogP contribution in [0.4, 0.5) is 13.2 Å². The van der Waals surface area contributed by atoms with Crippen LogP contribution in [0.1, 0.15) is 64.2 Å². The summed E-state index contributed by atoms with van der Waals surface area (Å²) in [5.74, 6) is -0.887. The molecule has 1 N–H and O–H groups in total. The lowest BCUT2D eigenvalue weighted by Crippen LogP contribution is -2.28. The molecule has 3 aromatic rings. The lowest BCUT2D eigenvalue weighted by atomic mass is 9.86.